The maximum atomic E-state index is 11.9. The fraction of sp³-hybridized carbons (Fsp3) is 0.800. The number of nitrogens with zero attached hydrogens (tertiary/aromatic N) is 3. The van der Waals surface area contributed by atoms with E-state index in [1.807, 2.05) is 0 Å². The molecule has 0 aromatic carbocycles. The highest BCUT2D eigenvalue weighted by molar-refractivity contribution is 6.74. The van der Waals surface area contributed by atoms with Gasteiger partial charge in [0.2, 0.25) is 5.95 Å². The number of aromatic nitrogens is 3. The summed E-state index contributed by atoms with van der Waals surface area (Å²) in [4.78, 5) is 19.4. The minimum absolute atomic E-state index is 0.0184. The second kappa shape index (κ2) is 6.33. The van der Waals surface area contributed by atoms with Gasteiger partial charge < -0.3 is 14.9 Å². The van der Waals surface area contributed by atoms with Gasteiger partial charge in [0.1, 0.15) is 12.6 Å². The van der Waals surface area contributed by atoms with Crippen LogP contribution in [0.2, 0.25) is 18.1 Å². The minimum Gasteiger partial charge on any atom is -0.414 e. The Morgan fingerprint density at radius 3 is 2.70 bits per heavy atom. The summed E-state index contributed by atoms with van der Waals surface area (Å²) in [5.74, 6) is 0.282. The van der Waals surface area contributed by atoms with Crippen LogP contribution < -0.4 is 11.4 Å². The Kier molecular flexibility index (Phi) is 4.98. The van der Waals surface area contributed by atoms with Crippen LogP contribution in [-0.2, 0) is 9.16 Å². The molecule has 0 bridgehead atoms. The number of nitrogen functional groups attached to an aromatic ring is 1. The van der Waals surface area contributed by atoms with Crippen LogP contribution in [0.1, 0.15) is 40.3 Å². The first-order chi connectivity index (χ1) is 10.5. The molecule has 1 unspecified atom stereocenters. The van der Waals surface area contributed by atoms with Crippen molar-refractivity contribution in [2.24, 2.45) is 5.92 Å². The lowest BCUT2D eigenvalue weighted by Crippen LogP contribution is -2.43. The number of nitrogens with two attached hydrogens (primary N) is 1. The highest BCUT2D eigenvalue weighted by Crippen LogP contribution is 2.38. The third kappa shape index (κ3) is 3.99. The first-order valence-corrected chi connectivity index (χ1v) is 10.9. The van der Waals surface area contributed by atoms with Crippen molar-refractivity contribution >= 4 is 14.3 Å². The Labute approximate surface area is 138 Å². The topological polar surface area (TPSA) is 92.3 Å². The van der Waals surface area contributed by atoms with Gasteiger partial charge in [-0.2, -0.15) is 4.98 Å². The van der Waals surface area contributed by atoms with E-state index in [-0.39, 0.29) is 23.3 Å². The van der Waals surface area contributed by atoms with E-state index in [0.717, 1.165) is 6.42 Å². The van der Waals surface area contributed by atoms with E-state index < -0.39 is 14.0 Å². The van der Waals surface area contributed by atoms with Gasteiger partial charge in [0.15, 0.2) is 8.32 Å². The summed E-state index contributed by atoms with van der Waals surface area (Å²) in [6.07, 6.45) is 1.75. The van der Waals surface area contributed by atoms with Crippen molar-refractivity contribution in [1.82, 2.24) is 14.5 Å². The zero-order valence-electron chi connectivity index (χ0n) is 14.9. The Balaban J connectivity index is 2.03. The third-order valence-corrected chi connectivity index (χ3v) is 9.51. The van der Waals surface area contributed by atoms with Gasteiger partial charge in [-0.15, -0.1) is 0 Å². The second-order valence-corrected chi connectivity index (χ2v) is 12.6. The van der Waals surface area contributed by atoms with Gasteiger partial charge in [-0.25, -0.2) is 9.78 Å². The lowest BCUT2D eigenvalue weighted by atomic mass is 10.0. The number of hydrogen-bond acceptors (Lipinski definition) is 6. The summed E-state index contributed by atoms with van der Waals surface area (Å²) in [7, 11) is -1.81. The smallest absolute Gasteiger partial charge is 0.354 e. The highest BCUT2D eigenvalue weighted by Gasteiger charge is 2.40. The molecule has 1 aliphatic rings. The van der Waals surface area contributed by atoms with Crippen LogP contribution in [0.25, 0.3) is 0 Å². The molecule has 8 heteroatoms. The lowest BCUT2D eigenvalue weighted by molar-refractivity contribution is -0.0291. The maximum Gasteiger partial charge on any atom is 0.354 e. The summed E-state index contributed by atoms with van der Waals surface area (Å²) in [6.45, 7) is 13.8. The number of rotatable bonds is 4. The van der Waals surface area contributed by atoms with Gasteiger partial charge in [0.05, 0.1) is 12.7 Å². The molecule has 3 atom stereocenters. The predicted octanol–water partition coefficient (Wildman–Crippen LogP) is 2.17. The molecule has 1 aromatic heterocycles. The normalized spacial score (nSPS) is 25.7. The molecule has 1 saturated heterocycles. The zero-order valence-corrected chi connectivity index (χ0v) is 15.9. The van der Waals surface area contributed by atoms with E-state index in [0.29, 0.717) is 12.5 Å². The summed E-state index contributed by atoms with van der Waals surface area (Å²) >= 11 is 0. The first-order valence-electron chi connectivity index (χ1n) is 8.01. The molecule has 0 amide bonds. The molecular weight excluding hydrogens is 312 g/mol. The van der Waals surface area contributed by atoms with Crippen LogP contribution in [-0.4, -0.2) is 35.6 Å². The van der Waals surface area contributed by atoms with Gasteiger partial charge in [-0.1, -0.05) is 27.7 Å². The van der Waals surface area contributed by atoms with Gasteiger partial charge in [-0.3, -0.25) is 4.57 Å². The van der Waals surface area contributed by atoms with Gasteiger partial charge >= 0.3 is 5.69 Å². The predicted molar refractivity (Wildman–Crippen MR) is 91.5 cm³/mol. The molecule has 2 heterocycles. The quantitative estimate of drug-likeness (QED) is 0.845. The van der Waals surface area contributed by atoms with Crippen LogP contribution in [0.4, 0.5) is 5.95 Å². The molecule has 0 saturated carbocycles. The second-order valence-electron chi connectivity index (χ2n) is 7.82. The van der Waals surface area contributed by atoms with Crippen LogP contribution in [0.3, 0.4) is 0 Å². The van der Waals surface area contributed by atoms with Crippen molar-refractivity contribution in [3.8, 4) is 0 Å². The van der Waals surface area contributed by atoms with Gasteiger partial charge in [-0.05, 0) is 30.5 Å². The van der Waals surface area contributed by atoms with Gasteiger partial charge in [0, 0.05) is 0 Å². The van der Waals surface area contributed by atoms with Crippen LogP contribution in [0.5, 0.6) is 0 Å². The van der Waals surface area contributed by atoms with E-state index in [1.165, 1.54) is 10.9 Å². The molecule has 130 valence electrons. The molecule has 7 nitrogen and oxygen atoms in total. The SMILES string of the molecule is CC1C[C@H](n2cnc(N)nc2=O)O[C@@H]1CO[Si](C)(C)C(C)(C)C. The number of ether oxygens (including phenoxy) is 1. The molecule has 2 rings (SSSR count). The monoisotopic (exact) mass is 340 g/mol. The Morgan fingerprint density at radius 2 is 2.13 bits per heavy atom. The van der Waals surface area contributed by atoms with E-state index in [4.69, 9.17) is 14.9 Å². The maximum absolute atomic E-state index is 11.9. The summed E-state index contributed by atoms with van der Waals surface area (Å²) in [5.41, 5.74) is 5.00. The largest absolute Gasteiger partial charge is 0.414 e. The Hall–Kier alpha value is -1.25. The highest BCUT2D eigenvalue weighted by atomic mass is 28.4. The number of anilines is 1. The van der Waals surface area contributed by atoms with Crippen molar-refractivity contribution < 1.29 is 9.16 Å². The zero-order chi connectivity index (χ0) is 17.4. The molecule has 2 N–H and O–H groups in total. The molecular formula is C15H28N4O3Si. The van der Waals surface area contributed by atoms with Crippen molar-refractivity contribution in [3.05, 3.63) is 16.8 Å². The molecule has 1 fully saturated rings. The van der Waals surface area contributed by atoms with E-state index in [9.17, 15) is 4.79 Å². The lowest BCUT2D eigenvalue weighted by Gasteiger charge is -2.37. The Bertz CT molecular complexity index is 611. The van der Waals surface area contributed by atoms with Crippen molar-refractivity contribution in [1.29, 1.82) is 0 Å². The van der Waals surface area contributed by atoms with E-state index in [1.54, 1.807) is 0 Å². The average Bonchev–Trinajstić information content (AvgIpc) is 2.76. The standard InChI is InChI=1S/C15H28N4O3Si/c1-10-7-12(19-9-17-13(16)18-14(19)20)22-11(10)8-21-23(5,6)15(2,3)4/h9-12H,7-8H2,1-6H3,(H2,16,18,20)/t10?,11-,12-/m1/s1. The summed E-state index contributed by atoms with van der Waals surface area (Å²) in [6, 6.07) is 0. The van der Waals surface area contributed by atoms with Crippen LogP contribution >= 0.6 is 0 Å². The van der Waals surface area contributed by atoms with Crippen LogP contribution in [0.15, 0.2) is 11.1 Å². The first kappa shape index (κ1) is 18.1. The molecule has 0 aliphatic carbocycles. The average molecular weight is 341 g/mol. The van der Waals surface area contributed by atoms with Crippen molar-refractivity contribution in [3.63, 3.8) is 0 Å². The molecule has 1 aliphatic heterocycles. The fourth-order valence-corrected chi connectivity index (χ4v) is 3.32. The van der Waals surface area contributed by atoms with E-state index >= 15 is 0 Å². The summed E-state index contributed by atoms with van der Waals surface area (Å²) < 4.78 is 13.7. The van der Waals surface area contributed by atoms with Crippen molar-refractivity contribution in [2.75, 3.05) is 12.3 Å². The minimum atomic E-state index is -1.81. The number of hydrogen-bond donors (Lipinski definition) is 1. The third-order valence-electron chi connectivity index (χ3n) is 5.01. The fourth-order valence-electron chi connectivity index (χ4n) is 2.30. The Morgan fingerprint density at radius 1 is 1.48 bits per heavy atom. The van der Waals surface area contributed by atoms with Crippen LogP contribution in [0, 0.1) is 5.92 Å². The van der Waals surface area contributed by atoms with Gasteiger partial charge in [0.25, 0.3) is 0 Å². The molecule has 23 heavy (non-hydrogen) atoms. The molecule has 0 radical (unpaired) electrons. The molecule has 0 spiro atoms. The van der Waals surface area contributed by atoms with Crippen molar-refractivity contribution in [2.45, 2.75) is 64.6 Å². The molecule has 1 aromatic rings. The summed E-state index contributed by atoms with van der Waals surface area (Å²) in [5, 5.41) is 0.163. The van der Waals surface area contributed by atoms with E-state index in [2.05, 4.69) is 50.8 Å².